The third-order valence-electron chi connectivity index (χ3n) is 4.71. The minimum atomic E-state index is -0.870. The summed E-state index contributed by atoms with van der Waals surface area (Å²) in [6, 6.07) is 15.6. The fourth-order valence-electron chi connectivity index (χ4n) is 3.32. The molecule has 31 heavy (non-hydrogen) atoms. The number of carbonyl (C=O) groups is 3. The molecule has 3 rings (SSSR count). The first-order chi connectivity index (χ1) is 15.0. The Morgan fingerprint density at radius 1 is 0.677 bits per heavy atom. The van der Waals surface area contributed by atoms with Gasteiger partial charge in [0.15, 0.2) is 0 Å². The van der Waals surface area contributed by atoms with Crippen molar-refractivity contribution in [3.05, 3.63) is 71.4 Å². The summed E-state index contributed by atoms with van der Waals surface area (Å²) in [4.78, 5) is 38.4. The summed E-state index contributed by atoms with van der Waals surface area (Å²) in [6.45, 7) is 0. The summed E-state index contributed by atoms with van der Waals surface area (Å²) < 4.78 is 21.5. The second-order valence-electron chi connectivity index (χ2n) is 6.32. The third kappa shape index (κ3) is 3.87. The van der Waals surface area contributed by atoms with Crippen LogP contribution in [-0.2, 0) is 14.2 Å². The minimum absolute atomic E-state index is 0.100. The molecule has 1 aromatic heterocycles. The van der Waals surface area contributed by atoms with Gasteiger partial charge in [-0.2, -0.15) is 0 Å². The Morgan fingerprint density at radius 2 is 1.23 bits per heavy atom. The molecule has 3 aromatic rings. The van der Waals surface area contributed by atoms with Gasteiger partial charge in [-0.05, 0) is 29.8 Å². The van der Waals surface area contributed by atoms with E-state index >= 15 is 0 Å². The zero-order valence-electron chi connectivity index (χ0n) is 17.5. The molecule has 0 saturated carbocycles. The number of aromatic nitrogens is 1. The van der Waals surface area contributed by atoms with E-state index in [0.29, 0.717) is 22.7 Å². The maximum Gasteiger partial charge on any atom is 0.355 e. The molecule has 0 bridgehead atoms. The number of hydrogen-bond donors (Lipinski definition) is 0. The lowest BCUT2D eigenvalue weighted by Crippen LogP contribution is -2.16. The Kier molecular flexibility index (Phi) is 6.40. The standard InChI is InChI=1S/C23H21NO7/c1-28-16-12-10-15(11-13-16)24-19(14-8-6-5-7-9-14)17(21(25)29-2)18(22(26)30-3)20(24)23(27)31-4/h5-13H,1-4H3. The molecule has 0 amide bonds. The maximum atomic E-state index is 12.9. The zero-order valence-corrected chi connectivity index (χ0v) is 17.5. The van der Waals surface area contributed by atoms with Crippen LogP contribution in [0.4, 0.5) is 0 Å². The van der Waals surface area contributed by atoms with Gasteiger partial charge in [-0.3, -0.25) is 0 Å². The van der Waals surface area contributed by atoms with Crippen molar-refractivity contribution in [2.45, 2.75) is 0 Å². The number of benzene rings is 2. The van der Waals surface area contributed by atoms with Gasteiger partial charge in [0.05, 0.1) is 34.1 Å². The molecule has 0 spiro atoms. The van der Waals surface area contributed by atoms with Crippen LogP contribution in [0.1, 0.15) is 31.2 Å². The Labute approximate surface area is 178 Å². The predicted octanol–water partition coefficient (Wildman–Crippen LogP) is 3.51. The van der Waals surface area contributed by atoms with Gasteiger partial charge in [0.1, 0.15) is 22.6 Å². The molecule has 0 aliphatic heterocycles. The molecule has 0 saturated heterocycles. The Morgan fingerprint density at radius 3 is 1.74 bits per heavy atom. The summed E-state index contributed by atoms with van der Waals surface area (Å²) in [5, 5.41) is 0. The van der Waals surface area contributed by atoms with E-state index in [1.165, 1.54) is 25.9 Å². The van der Waals surface area contributed by atoms with E-state index < -0.39 is 17.9 Å². The van der Waals surface area contributed by atoms with Gasteiger partial charge in [0, 0.05) is 5.69 Å². The van der Waals surface area contributed by atoms with E-state index in [2.05, 4.69) is 0 Å². The van der Waals surface area contributed by atoms with Crippen molar-refractivity contribution < 1.29 is 33.3 Å². The fraction of sp³-hybridized carbons (Fsp3) is 0.174. The number of methoxy groups -OCH3 is 4. The topological polar surface area (TPSA) is 93.1 Å². The number of esters is 3. The van der Waals surface area contributed by atoms with Crippen LogP contribution >= 0.6 is 0 Å². The smallest absolute Gasteiger partial charge is 0.355 e. The van der Waals surface area contributed by atoms with E-state index in [0.717, 1.165) is 7.11 Å². The predicted molar refractivity (Wildman–Crippen MR) is 112 cm³/mol. The molecular formula is C23H21NO7. The zero-order chi connectivity index (χ0) is 22.5. The van der Waals surface area contributed by atoms with Crippen LogP contribution in [0, 0.1) is 0 Å². The monoisotopic (exact) mass is 423 g/mol. The molecule has 0 unspecified atom stereocenters. The highest BCUT2D eigenvalue weighted by Crippen LogP contribution is 2.36. The van der Waals surface area contributed by atoms with Crippen molar-refractivity contribution in [3.63, 3.8) is 0 Å². The first-order valence-electron chi connectivity index (χ1n) is 9.21. The van der Waals surface area contributed by atoms with E-state index in [-0.39, 0.29) is 16.8 Å². The number of ether oxygens (including phenoxy) is 4. The average Bonchev–Trinajstić information content (AvgIpc) is 3.19. The van der Waals surface area contributed by atoms with Crippen LogP contribution < -0.4 is 4.74 Å². The second kappa shape index (κ2) is 9.17. The van der Waals surface area contributed by atoms with Crippen LogP contribution in [0.5, 0.6) is 5.75 Å². The lowest BCUT2D eigenvalue weighted by molar-refractivity contribution is 0.0536. The van der Waals surface area contributed by atoms with Crippen molar-refractivity contribution in [2.24, 2.45) is 0 Å². The highest BCUT2D eigenvalue weighted by atomic mass is 16.5. The molecule has 0 fully saturated rings. The van der Waals surface area contributed by atoms with Crippen LogP contribution in [0.15, 0.2) is 54.6 Å². The minimum Gasteiger partial charge on any atom is -0.497 e. The van der Waals surface area contributed by atoms with Gasteiger partial charge in [-0.25, -0.2) is 14.4 Å². The van der Waals surface area contributed by atoms with Gasteiger partial charge < -0.3 is 23.5 Å². The summed E-state index contributed by atoms with van der Waals surface area (Å²) in [5.41, 5.74) is 0.879. The SMILES string of the molecule is COC(=O)c1c(C(=O)OC)c(-c2ccccc2)n(-c2ccc(OC)cc2)c1C(=O)OC. The van der Waals surface area contributed by atoms with Crippen LogP contribution in [0.3, 0.4) is 0 Å². The molecule has 2 aromatic carbocycles. The summed E-state index contributed by atoms with van der Waals surface area (Å²) in [7, 11) is 5.08. The summed E-state index contributed by atoms with van der Waals surface area (Å²) in [6.07, 6.45) is 0. The highest BCUT2D eigenvalue weighted by molar-refractivity contribution is 6.14. The lowest BCUT2D eigenvalue weighted by Gasteiger charge is -2.14. The molecule has 0 N–H and O–H groups in total. The molecule has 0 aliphatic rings. The van der Waals surface area contributed by atoms with Crippen molar-refractivity contribution in [3.8, 4) is 22.7 Å². The van der Waals surface area contributed by atoms with E-state index in [9.17, 15) is 14.4 Å². The number of carbonyl (C=O) groups excluding carboxylic acids is 3. The van der Waals surface area contributed by atoms with Crippen LogP contribution in [-0.4, -0.2) is 50.9 Å². The number of nitrogens with zero attached hydrogens (tertiary/aromatic N) is 1. The van der Waals surface area contributed by atoms with Crippen molar-refractivity contribution in [2.75, 3.05) is 28.4 Å². The Bertz CT molecular complexity index is 1120. The van der Waals surface area contributed by atoms with Gasteiger partial charge in [-0.15, -0.1) is 0 Å². The van der Waals surface area contributed by atoms with E-state index in [1.807, 2.05) is 6.07 Å². The molecule has 160 valence electrons. The fourth-order valence-corrected chi connectivity index (χ4v) is 3.32. The van der Waals surface area contributed by atoms with Crippen molar-refractivity contribution >= 4 is 17.9 Å². The first-order valence-corrected chi connectivity index (χ1v) is 9.21. The second-order valence-corrected chi connectivity index (χ2v) is 6.32. The molecule has 8 heteroatoms. The number of hydrogen-bond acceptors (Lipinski definition) is 7. The van der Waals surface area contributed by atoms with Crippen LogP contribution in [0.2, 0.25) is 0 Å². The molecule has 0 aliphatic carbocycles. The quantitative estimate of drug-likeness (QED) is 0.442. The van der Waals surface area contributed by atoms with Crippen molar-refractivity contribution in [1.82, 2.24) is 4.57 Å². The highest BCUT2D eigenvalue weighted by Gasteiger charge is 2.37. The first kappa shape index (κ1) is 21.6. The summed E-state index contributed by atoms with van der Waals surface area (Å²) >= 11 is 0. The Balaban J connectivity index is 2.53. The van der Waals surface area contributed by atoms with E-state index in [1.54, 1.807) is 48.5 Å². The van der Waals surface area contributed by atoms with E-state index in [4.69, 9.17) is 18.9 Å². The van der Waals surface area contributed by atoms with Crippen molar-refractivity contribution in [1.29, 1.82) is 0 Å². The lowest BCUT2D eigenvalue weighted by atomic mass is 10.0. The average molecular weight is 423 g/mol. The maximum absolute atomic E-state index is 12.9. The van der Waals surface area contributed by atoms with Gasteiger partial charge in [0.25, 0.3) is 0 Å². The van der Waals surface area contributed by atoms with Crippen LogP contribution in [0.25, 0.3) is 16.9 Å². The molecule has 0 radical (unpaired) electrons. The molecule has 1 heterocycles. The Hall–Kier alpha value is -4.07. The third-order valence-corrected chi connectivity index (χ3v) is 4.71. The van der Waals surface area contributed by atoms with Gasteiger partial charge >= 0.3 is 17.9 Å². The van der Waals surface area contributed by atoms with Gasteiger partial charge in [-0.1, -0.05) is 30.3 Å². The molecule has 0 atom stereocenters. The van der Waals surface area contributed by atoms with Gasteiger partial charge in [0.2, 0.25) is 0 Å². The normalized spacial score (nSPS) is 10.3. The summed E-state index contributed by atoms with van der Waals surface area (Å²) in [5.74, 6) is -1.89. The number of rotatable bonds is 6. The molecular weight excluding hydrogens is 402 g/mol. The largest absolute Gasteiger partial charge is 0.497 e. The molecule has 8 nitrogen and oxygen atoms in total.